The number of thioether (sulfide) groups is 1. The Morgan fingerprint density at radius 2 is 2.11 bits per heavy atom. The van der Waals surface area contributed by atoms with E-state index in [0.29, 0.717) is 36.0 Å². The van der Waals surface area contributed by atoms with Gasteiger partial charge < -0.3 is 10.0 Å². The molecule has 0 spiro atoms. The van der Waals surface area contributed by atoms with Gasteiger partial charge in [0, 0.05) is 36.6 Å². The Morgan fingerprint density at radius 1 is 1.37 bits per heavy atom. The van der Waals surface area contributed by atoms with Crippen LogP contribution in [0.1, 0.15) is 23.7 Å². The molecule has 2 aromatic rings. The molecule has 1 aliphatic rings. The number of carbonyl (C=O) groups is 1. The van der Waals surface area contributed by atoms with Gasteiger partial charge in [-0.1, -0.05) is 49.0 Å². The average Bonchev–Trinajstić information content (AvgIpc) is 2.68. The summed E-state index contributed by atoms with van der Waals surface area (Å²) in [5, 5.41) is 10.1. The fraction of sp³-hybridized carbons (Fsp3) is 0.450. The summed E-state index contributed by atoms with van der Waals surface area (Å²) in [6.07, 6.45) is 0.631. The van der Waals surface area contributed by atoms with Crippen molar-refractivity contribution in [3.05, 3.63) is 57.5 Å². The fourth-order valence-corrected chi connectivity index (χ4v) is 4.51. The van der Waals surface area contributed by atoms with E-state index in [1.54, 1.807) is 9.47 Å². The Kier molecular flexibility index (Phi) is 6.34. The molecule has 3 rings (SSSR count). The standard InChI is InChI=1S/C20H25N3O3S/c1-3-17-14(2)21-20-23(19(17)26)12-16(13-27-20)18(25)22(9-10-24)11-15-7-5-4-6-8-15/h4-8,16,24H,3,9-13H2,1-2H3. The lowest BCUT2D eigenvalue weighted by atomic mass is 10.1. The van der Waals surface area contributed by atoms with E-state index in [0.717, 1.165) is 11.3 Å². The lowest BCUT2D eigenvalue weighted by molar-refractivity contribution is -0.136. The minimum absolute atomic E-state index is 0.0309. The van der Waals surface area contributed by atoms with Crippen molar-refractivity contribution in [2.24, 2.45) is 5.92 Å². The van der Waals surface area contributed by atoms with Gasteiger partial charge in [0.2, 0.25) is 5.91 Å². The predicted molar refractivity (Wildman–Crippen MR) is 106 cm³/mol. The third-order valence-electron chi connectivity index (χ3n) is 4.85. The molecule has 0 fully saturated rings. The maximum Gasteiger partial charge on any atom is 0.257 e. The Hall–Kier alpha value is -2.12. The van der Waals surface area contributed by atoms with E-state index in [1.807, 2.05) is 44.2 Å². The van der Waals surface area contributed by atoms with Crippen molar-refractivity contribution in [1.29, 1.82) is 0 Å². The van der Waals surface area contributed by atoms with Crippen LogP contribution in [0.4, 0.5) is 0 Å². The Labute approximate surface area is 163 Å². The smallest absolute Gasteiger partial charge is 0.257 e. The van der Waals surface area contributed by atoms with Gasteiger partial charge in [0.05, 0.1) is 12.5 Å². The van der Waals surface area contributed by atoms with Gasteiger partial charge in [-0.3, -0.25) is 14.2 Å². The normalized spacial score (nSPS) is 16.0. The number of aromatic nitrogens is 2. The molecule has 1 aliphatic heterocycles. The number of carbonyl (C=O) groups excluding carboxylic acids is 1. The third-order valence-corrected chi connectivity index (χ3v) is 5.99. The summed E-state index contributed by atoms with van der Waals surface area (Å²) in [6, 6.07) is 9.73. The van der Waals surface area contributed by atoms with Crippen LogP contribution in [0.25, 0.3) is 0 Å². The number of aryl methyl sites for hydroxylation is 1. The van der Waals surface area contributed by atoms with Crippen molar-refractivity contribution < 1.29 is 9.90 Å². The molecule has 1 unspecified atom stereocenters. The second-order valence-electron chi connectivity index (χ2n) is 6.70. The molecule has 0 bridgehead atoms. The second-order valence-corrected chi connectivity index (χ2v) is 7.69. The minimum Gasteiger partial charge on any atom is -0.395 e. The Balaban J connectivity index is 1.82. The zero-order valence-corrected chi connectivity index (χ0v) is 16.5. The molecule has 27 heavy (non-hydrogen) atoms. The molecule has 144 valence electrons. The van der Waals surface area contributed by atoms with Crippen LogP contribution in [-0.4, -0.2) is 44.4 Å². The number of aliphatic hydroxyl groups excluding tert-OH is 1. The summed E-state index contributed by atoms with van der Waals surface area (Å²) in [5.41, 5.74) is 2.47. The van der Waals surface area contributed by atoms with Gasteiger partial charge in [-0.25, -0.2) is 4.98 Å². The lowest BCUT2D eigenvalue weighted by Crippen LogP contribution is -2.43. The topological polar surface area (TPSA) is 75.4 Å². The van der Waals surface area contributed by atoms with Crippen LogP contribution in [0.5, 0.6) is 0 Å². The molecule has 1 aromatic carbocycles. The summed E-state index contributed by atoms with van der Waals surface area (Å²) >= 11 is 1.46. The van der Waals surface area contributed by atoms with Gasteiger partial charge in [-0.2, -0.15) is 0 Å². The van der Waals surface area contributed by atoms with Gasteiger partial charge in [0.15, 0.2) is 5.16 Å². The van der Waals surface area contributed by atoms with Crippen molar-refractivity contribution in [2.75, 3.05) is 18.9 Å². The molecular weight excluding hydrogens is 362 g/mol. The number of amides is 1. The quantitative estimate of drug-likeness (QED) is 0.766. The number of aliphatic hydroxyl groups is 1. The van der Waals surface area contributed by atoms with Gasteiger partial charge in [-0.05, 0) is 18.9 Å². The van der Waals surface area contributed by atoms with Crippen molar-refractivity contribution in [1.82, 2.24) is 14.5 Å². The van der Waals surface area contributed by atoms with E-state index in [9.17, 15) is 14.7 Å². The SMILES string of the molecule is CCc1c(C)nc2n(c1=O)CC(C(=O)N(CCO)Cc1ccccc1)CS2. The number of fused-ring (bicyclic) bond motifs is 1. The van der Waals surface area contributed by atoms with Crippen molar-refractivity contribution in [3.8, 4) is 0 Å². The monoisotopic (exact) mass is 387 g/mol. The predicted octanol–water partition coefficient (Wildman–Crippen LogP) is 1.86. The molecule has 0 saturated carbocycles. The number of hydrogen-bond donors (Lipinski definition) is 1. The fourth-order valence-electron chi connectivity index (χ4n) is 3.40. The highest BCUT2D eigenvalue weighted by molar-refractivity contribution is 7.99. The number of rotatable bonds is 6. The van der Waals surface area contributed by atoms with Crippen molar-refractivity contribution >= 4 is 17.7 Å². The largest absolute Gasteiger partial charge is 0.395 e. The van der Waals surface area contributed by atoms with Crippen LogP contribution in [0.3, 0.4) is 0 Å². The van der Waals surface area contributed by atoms with E-state index in [1.165, 1.54) is 11.8 Å². The number of benzene rings is 1. The molecule has 1 amide bonds. The Bertz CT molecular complexity index is 867. The minimum atomic E-state index is -0.301. The van der Waals surface area contributed by atoms with E-state index < -0.39 is 0 Å². The molecule has 7 heteroatoms. The van der Waals surface area contributed by atoms with Crippen LogP contribution < -0.4 is 5.56 Å². The number of nitrogens with zero attached hydrogens (tertiary/aromatic N) is 3. The molecule has 0 saturated heterocycles. The zero-order chi connectivity index (χ0) is 19.4. The van der Waals surface area contributed by atoms with Gasteiger partial charge >= 0.3 is 0 Å². The number of hydrogen-bond acceptors (Lipinski definition) is 5. The first-order valence-electron chi connectivity index (χ1n) is 9.21. The molecule has 1 aromatic heterocycles. The van der Waals surface area contributed by atoms with Crippen molar-refractivity contribution in [2.45, 2.75) is 38.5 Å². The zero-order valence-electron chi connectivity index (χ0n) is 15.7. The van der Waals surface area contributed by atoms with Gasteiger partial charge in [-0.15, -0.1) is 0 Å². The molecule has 2 heterocycles. The molecule has 6 nitrogen and oxygen atoms in total. The van der Waals surface area contributed by atoms with Gasteiger partial charge in [0.25, 0.3) is 5.56 Å². The third kappa shape index (κ3) is 4.25. The second kappa shape index (κ2) is 8.71. The maximum atomic E-state index is 13.1. The molecule has 1 N–H and O–H groups in total. The van der Waals surface area contributed by atoms with E-state index >= 15 is 0 Å². The highest BCUT2D eigenvalue weighted by atomic mass is 32.2. The molecule has 1 atom stereocenters. The van der Waals surface area contributed by atoms with Crippen LogP contribution in [0, 0.1) is 12.8 Å². The van der Waals surface area contributed by atoms with Crippen LogP contribution in [0.15, 0.2) is 40.3 Å². The summed E-state index contributed by atoms with van der Waals surface area (Å²) in [7, 11) is 0. The van der Waals surface area contributed by atoms with Crippen LogP contribution >= 0.6 is 11.8 Å². The summed E-state index contributed by atoms with van der Waals surface area (Å²) in [5.74, 6) is 0.258. The van der Waals surface area contributed by atoms with Crippen LogP contribution in [-0.2, 0) is 24.3 Å². The van der Waals surface area contributed by atoms with Crippen LogP contribution in [0.2, 0.25) is 0 Å². The molecular formula is C20H25N3O3S. The summed E-state index contributed by atoms with van der Waals surface area (Å²) in [6.45, 7) is 4.80. The first kappa shape index (κ1) is 19.6. The lowest BCUT2D eigenvalue weighted by Gasteiger charge is -2.30. The average molecular weight is 388 g/mol. The van der Waals surface area contributed by atoms with E-state index in [4.69, 9.17) is 0 Å². The highest BCUT2D eigenvalue weighted by Gasteiger charge is 2.30. The molecule has 0 radical (unpaired) electrons. The Morgan fingerprint density at radius 3 is 2.78 bits per heavy atom. The van der Waals surface area contributed by atoms with E-state index in [2.05, 4.69) is 4.98 Å². The highest BCUT2D eigenvalue weighted by Crippen LogP contribution is 2.27. The first-order valence-corrected chi connectivity index (χ1v) is 10.2. The maximum absolute atomic E-state index is 13.1. The summed E-state index contributed by atoms with van der Waals surface area (Å²) < 4.78 is 1.64. The van der Waals surface area contributed by atoms with Gasteiger partial charge in [0.1, 0.15) is 0 Å². The summed E-state index contributed by atoms with van der Waals surface area (Å²) in [4.78, 5) is 32.1. The van der Waals surface area contributed by atoms with Crippen molar-refractivity contribution in [3.63, 3.8) is 0 Å². The molecule has 0 aliphatic carbocycles. The van der Waals surface area contributed by atoms with E-state index in [-0.39, 0.29) is 30.5 Å². The first-order chi connectivity index (χ1) is 13.0.